The van der Waals surface area contributed by atoms with Crippen LogP contribution in [0.15, 0.2) is 6.07 Å². The van der Waals surface area contributed by atoms with Crippen LogP contribution in [0.1, 0.15) is 19.5 Å². The molecule has 1 aromatic rings. The second-order valence-electron chi connectivity index (χ2n) is 5.78. The molecular formula is C13H19F3N4O. The highest BCUT2D eigenvalue weighted by Crippen LogP contribution is 2.34. The summed E-state index contributed by atoms with van der Waals surface area (Å²) < 4.78 is 38.4. The average Bonchev–Trinajstić information content (AvgIpc) is 2.96. The van der Waals surface area contributed by atoms with E-state index in [1.54, 1.807) is 6.07 Å². The number of rotatable bonds is 4. The van der Waals surface area contributed by atoms with Crippen molar-refractivity contribution in [1.82, 2.24) is 15.5 Å². The van der Waals surface area contributed by atoms with Crippen LogP contribution in [-0.4, -0.2) is 35.4 Å². The lowest BCUT2D eigenvalue weighted by atomic mass is 9.94. The smallest absolute Gasteiger partial charge is 0.315 e. The minimum Gasteiger partial charge on any atom is -0.315 e. The first-order valence-electron chi connectivity index (χ1n) is 6.90. The Morgan fingerprint density at radius 2 is 2.19 bits per heavy atom. The molecule has 0 bridgehead atoms. The van der Waals surface area contributed by atoms with E-state index in [2.05, 4.69) is 20.8 Å². The predicted octanol–water partition coefficient (Wildman–Crippen LogP) is 1.94. The quantitative estimate of drug-likeness (QED) is 0.796. The number of aromatic amines is 1. The highest BCUT2D eigenvalue weighted by atomic mass is 19.4. The number of anilines is 1. The number of alkyl halides is 3. The van der Waals surface area contributed by atoms with Crippen LogP contribution in [0, 0.1) is 17.8 Å². The number of amides is 1. The Kier molecular flexibility index (Phi) is 4.55. The van der Waals surface area contributed by atoms with Gasteiger partial charge in [0.15, 0.2) is 5.82 Å². The van der Waals surface area contributed by atoms with E-state index in [4.69, 9.17) is 0 Å². The lowest BCUT2D eigenvalue weighted by molar-refractivity contribution is -0.181. The topological polar surface area (TPSA) is 69.8 Å². The number of carbonyl (C=O) groups is 1. The van der Waals surface area contributed by atoms with Gasteiger partial charge in [0.2, 0.25) is 5.91 Å². The van der Waals surface area contributed by atoms with Crippen LogP contribution in [0.5, 0.6) is 0 Å². The monoisotopic (exact) mass is 304 g/mol. The van der Waals surface area contributed by atoms with Gasteiger partial charge in [0.25, 0.3) is 0 Å². The van der Waals surface area contributed by atoms with E-state index in [1.165, 1.54) is 0 Å². The van der Waals surface area contributed by atoms with Crippen LogP contribution in [0.2, 0.25) is 0 Å². The van der Waals surface area contributed by atoms with Crippen molar-refractivity contribution < 1.29 is 18.0 Å². The van der Waals surface area contributed by atoms with Gasteiger partial charge in [0.05, 0.1) is 11.8 Å². The van der Waals surface area contributed by atoms with Gasteiger partial charge in [-0.25, -0.2) is 0 Å². The molecular weight excluding hydrogens is 285 g/mol. The zero-order chi connectivity index (χ0) is 15.6. The summed E-state index contributed by atoms with van der Waals surface area (Å²) in [5.74, 6) is -2.72. The molecule has 2 heterocycles. The molecule has 1 aliphatic rings. The fraction of sp³-hybridized carbons (Fsp3) is 0.692. The standard InChI is InChI=1S/C13H19F3N4O/c1-7(2)3-8-4-11(20-19-8)18-12(21)9-5-17-6-10(9)13(14,15)16/h4,7,9-10,17H,3,5-6H2,1-2H3,(H2,18,19,20,21)/t9-,10-/m1/s1. The van der Waals surface area contributed by atoms with Crippen molar-refractivity contribution in [3.8, 4) is 0 Å². The summed E-state index contributed by atoms with van der Waals surface area (Å²) in [6.07, 6.45) is -3.61. The number of halogens is 3. The van der Waals surface area contributed by atoms with E-state index < -0.39 is 23.9 Å². The highest BCUT2D eigenvalue weighted by molar-refractivity contribution is 5.92. The largest absolute Gasteiger partial charge is 0.393 e. The highest BCUT2D eigenvalue weighted by Gasteiger charge is 2.49. The molecule has 2 atom stereocenters. The van der Waals surface area contributed by atoms with Crippen LogP contribution >= 0.6 is 0 Å². The van der Waals surface area contributed by atoms with Crippen LogP contribution in [0.4, 0.5) is 19.0 Å². The molecule has 0 aromatic carbocycles. The van der Waals surface area contributed by atoms with E-state index in [0.717, 1.165) is 12.1 Å². The molecule has 1 aromatic heterocycles. The molecule has 1 saturated heterocycles. The molecule has 1 aliphatic heterocycles. The number of H-pyrrole nitrogens is 1. The fourth-order valence-corrected chi connectivity index (χ4v) is 2.49. The molecule has 0 radical (unpaired) electrons. The SMILES string of the molecule is CC(C)Cc1cc(NC(=O)[C@@H]2CNC[C@H]2C(F)(F)F)n[nH]1. The van der Waals surface area contributed by atoms with Crippen molar-refractivity contribution in [3.63, 3.8) is 0 Å². The first-order chi connectivity index (χ1) is 9.77. The molecule has 8 heteroatoms. The molecule has 118 valence electrons. The maximum absolute atomic E-state index is 12.8. The second-order valence-corrected chi connectivity index (χ2v) is 5.78. The van der Waals surface area contributed by atoms with E-state index in [0.29, 0.717) is 5.92 Å². The number of hydrogen-bond donors (Lipinski definition) is 3. The Morgan fingerprint density at radius 1 is 1.48 bits per heavy atom. The van der Waals surface area contributed by atoms with Crippen molar-refractivity contribution in [2.75, 3.05) is 18.4 Å². The normalized spacial score (nSPS) is 22.8. The zero-order valence-corrected chi connectivity index (χ0v) is 11.9. The number of nitrogens with one attached hydrogen (secondary N) is 3. The maximum atomic E-state index is 12.8. The Labute approximate surface area is 120 Å². The molecule has 0 unspecified atom stereocenters. The molecule has 1 fully saturated rings. The lowest BCUT2D eigenvalue weighted by Gasteiger charge is -2.20. The predicted molar refractivity (Wildman–Crippen MR) is 71.7 cm³/mol. The van der Waals surface area contributed by atoms with Gasteiger partial charge < -0.3 is 10.6 Å². The number of carbonyl (C=O) groups excluding carboxylic acids is 1. The second kappa shape index (κ2) is 6.05. The van der Waals surface area contributed by atoms with Crippen molar-refractivity contribution in [2.24, 2.45) is 17.8 Å². The van der Waals surface area contributed by atoms with Gasteiger partial charge in [-0.2, -0.15) is 18.3 Å². The fourth-order valence-electron chi connectivity index (χ4n) is 2.49. The van der Waals surface area contributed by atoms with Gasteiger partial charge in [-0.3, -0.25) is 9.89 Å². The summed E-state index contributed by atoms with van der Waals surface area (Å²) in [6, 6.07) is 1.66. The van der Waals surface area contributed by atoms with Crippen molar-refractivity contribution in [2.45, 2.75) is 26.4 Å². The van der Waals surface area contributed by atoms with Crippen LogP contribution < -0.4 is 10.6 Å². The minimum atomic E-state index is -4.38. The first kappa shape index (κ1) is 15.8. The Morgan fingerprint density at radius 3 is 2.81 bits per heavy atom. The third-order valence-corrected chi connectivity index (χ3v) is 3.48. The zero-order valence-electron chi connectivity index (χ0n) is 11.9. The van der Waals surface area contributed by atoms with E-state index >= 15 is 0 Å². The van der Waals surface area contributed by atoms with Gasteiger partial charge in [-0.05, 0) is 12.3 Å². The van der Waals surface area contributed by atoms with Crippen molar-refractivity contribution >= 4 is 11.7 Å². The summed E-state index contributed by atoms with van der Waals surface area (Å²) in [7, 11) is 0. The summed E-state index contributed by atoms with van der Waals surface area (Å²) in [5, 5.41) is 11.8. The summed E-state index contributed by atoms with van der Waals surface area (Å²) in [6.45, 7) is 3.88. The van der Waals surface area contributed by atoms with E-state index in [1.807, 2.05) is 13.8 Å². The van der Waals surface area contributed by atoms with E-state index in [-0.39, 0.29) is 18.9 Å². The molecule has 2 rings (SSSR count). The van der Waals surface area contributed by atoms with Gasteiger partial charge in [-0.1, -0.05) is 13.8 Å². The molecule has 0 spiro atoms. The van der Waals surface area contributed by atoms with Crippen LogP contribution in [0.25, 0.3) is 0 Å². The summed E-state index contributed by atoms with van der Waals surface area (Å²) in [4.78, 5) is 12.0. The summed E-state index contributed by atoms with van der Waals surface area (Å²) >= 11 is 0. The van der Waals surface area contributed by atoms with Crippen molar-refractivity contribution in [3.05, 3.63) is 11.8 Å². The number of hydrogen-bond acceptors (Lipinski definition) is 3. The lowest BCUT2D eigenvalue weighted by Crippen LogP contribution is -2.36. The van der Waals surface area contributed by atoms with E-state index in [9.17, 15) is 18.0 Å². The van der Waals surface area contributed by atoms with Gasteiger partial charge in [0, 0.05) is 24.8 Å². The van der Waals surface area contributed by atoms with Gasteiger partial charge >= 0.3 is 6.18 Å². The van der Waals surface area contributed by atoms with Gasteiger partial charge in [-0.15, -0.1) is 0 Å². The van der Waals surface area contributed by atoms with Gasteiger partial charge in [0.1, 0.15) is 0 Å². The third kappa shape index (κ3) is 3.96. The minimum absolute atomic E-state index is 0.0271. The Hall–Kier alpha value is -1.57. The summed E-state index contributed by atoms with van der Waals surface area (Å²) in [5.41, 5.74) is 0.845. The molecule has 0 saturated carbocycles. The van der Waals surface area contributed by atoms with Crippen LogP contribution in [0.3, 0.4) is 0 Å². The first-order valence-corrected chi connectivity index (χ1v) is 6.90. The average molecular weight is 304 g/mol. The Balaban J connectivity index is 1.99. The number of aromatic nitrogens is 2. The molecule has 21 heavy (non-hydrogen) atoms. The van der Waals surface area contributed by atoms with Crippen molar-refractivity contribution in [1.29, 1.82) is 0 Å². The van der Waals surface area contributed by atoms with Crippen LogP contribution in [-0.2, 0) is 11.2 Å². The third-order valence-electron chi connectivity index (χ3n) is 3.48. The molecule has 1 amide bonds. The number of nitrogens with zero attached hydrogens (tertiary/aromatic N) is 1. The molecule has 5 nitrogen and oxygen atoms in total. The molecule has 3 N–H and O–H groups in total. The molecule has 0 aliphatic carbocycles. The maximum Gasteiger partial charge on any atom is 0.393 e. The Bertz CT molecular complexity index is 498.